The topological polar surface area (TPSA) is 21.3 Å². The first kappa shape index (κ1) is 14.5. The van der Waals surface area contributed by atoms with E-state index in [2.05, 4.69) is 19.2 Å². The zero-order valence-electron chi connectivity index (χ0n) is 11.9. The lowest BCUT2D eigenvalue weighted by Crippen LogP contribution is -2.41. The predicted octanol–water partition coefficient (Wildman–Crippen LogP) is 3.16. The van der Waals surface area contributed by atoms with Gasteiger partial charge in [-0.1, -0.05) is 19.1 Å². The van der Waals surface area contributed by atoms with Gasteiger partial charge in [0.15, 0.2) is 0 Å². The molecule has 19 heavy (non-hydrogen) atoms. The van der Waals surface area contributed by atoms with E-state index in [9.17, 15) is 4.39 Å². The van der Waals surface area contributed by atoms with E-state index in [0.717, 1.165) is 44.5 Å². The van der Waals surface area contributed by atoms with Crippen molar-refractivity contribution in [2.24, 2.45) is 5.41 Å². The highest BCUT2D eigenvalue weighted by Gasteiger charge is 2.41. The molecule has 2 rings (SSSR count). The number of hydrogen-bond donors (Lipinski definition) is 1. The first-order valence-electron chi connectivity index (χ1n) is 7.23. The van der Waals surface area contributed by atoms with Crippen molar-refractivity contribution < 1.29 is 9.13 Å². The van der Waals surface area contributed by atoms with Gasteiger partial charge in [0.2, 0.25) is 0 Å². The Balaban J connectivity index is 2.09. The normalized spacial score (nSPS) is 26.8. The zero-order valence-corrected chi connectivity index (χ0v) is 11.9. The second-order valence-electron chi connectivity index (χ2n) is 5.61. The third kappa shape index (κ3) is 3.54. The summed E-state index contributed by atoms with van der Waals surface area (Å²) in [6.07, 6.45) is 3.27. The van der Waals surface area contributed by atoms with Crippen LogP contribution in [-0.4, -0.2) is 25.8 Å². The number of ether oxygens (including phenoxy) is 1. The van der Waals surface area contributed by atoms with Crippen molar-refractivity contribution in [1.82, 2.24) is 5.32 Å². The molecule has 1 fully saturated rings. The maximum atomic E-state index is 13.3. The van der Waals surface area contributed by atoms with E-state index in [0.29, 0.717) is 0 Å². The highest BCUT2D eigenvalue weighted by Crippen LogP contribution is 2.37. The van der Waals surface area contributed by atoms with Crippen LogP contribution >= 0.6 is 0 Å². The number of rotatable bonds is 6. The van der Waals surface area contributed by atoms with Gasteiger partial charge >= 0.3 is 0 Å². The average Bonchev–Trinajstić information content (AvgIpc) is 2.71. The Bertz CT molecular complexity index is 409. The molecule has 1 aromatic rings. The van der Waals surface area contributed by atoms with Crippen LogP contribution in [0.5, 0.6) is 0 Å². The maximum Gasteiger partial charge on any atom is 0.123 e. The van der Waals surface area contributed by atoms with E-state index in [1.807, 2.05) is 6.07 Å². The van der Waals surface area contributed by atoms with Gasteiger partial charge in [-0.3, -0.25) is 0 Å². The van der Waals surface area contributed by atoms with Crippen LogP contribution in [0.4, 0.5) is 4.39 Å². The minimum atomic E-state index is -0.152. The standard InChI is InChI=1S/C16H24FNO/c1-3-8-18-12-16(7-9-19-13(16)2)11-14-5-4-6-15(17)10-14/h4-6,10,13,18H,3,7-9,11-12H2,1-2H3. The lowest BCUT2D eigenvalue weighted by Gasteiger charge is -2.33. The Morgan fingerprint density at radius 3 is 2.95 bits per heavy atom. The molecule has 106 valence electrons. The van der Waals surface area contributed by atoms with Crippen molar-refractivity contribution in [3.05, 3.63) is 35.6 Å². The highest BCUT2D eigenvalue weighted by atomic mass is 19.1. The fraction of sp³-hybridized carbons (Fsp3) is 0.625. The van der Waals surface area contributed by atoms with E-state index in [4.69, 9.17) is 4.74 Å². The molecule has 1 aromatic carbocycles. The molecule has 2 atom stereocenters. The van der Waals surface area contributed by atoms with Gasteiger partial charge in [-0.2, -0.15) is 0 Å². The van der Waals surface area contributed by atoms with Crippen LogP contribution < -0.4 is 5.32 Å². The van der Waals surface area contributed by atoms with Crippen LogP contribution in [0, 0.1) is 11.2 Å². The van der Waals surface area contributed by atoms with Gasteiger partial charge in [-0.15, -0.1) is 0 Å². The number of benzene rings is 1. The summed E-state index contributed by atoms with van der Waals surface area (Å²) in [5.74, 6) is -0.152. The average molecular weight is 265 g/mol. The number of hydrogen-bond acceptors (Lipinski definition) is 2. The first-order valence-corrected chi connectivity index (χ1v) is 7.23. The number of halogens is 1. The molecule has 2 nitrogen and oxygen atoms in total. The van der Waals surface area contributed by atoms with Crippen LogP contribution in [-0.2, 0) is 11.2 Å². The summed E-state index contributed by atoms with van der Waals surface area (Å²) in [5, 5.41) is 3.51. The SMILES string of the molecule is CCCNCC1(Cc2cccc(F)c2)CCOC1C. The number of nitrogens with one attached hydrogen (secondary N) is 1. The van der Waals surface area contributed by atoms with E-state index in [1.54, 1.807) is 12.1 Å². The highest BCUT2D eigenvalue weighted by molar-refractivity contribution is 5.19. The molecule has 0 radical (unpaired) electrons. The Hall–Kier alpha value is -0.930. The fourth-order valence-electron chi connectivity index (χ4n) is 2.91. The molecule has 0 amide bonds. The summed E-state index contributed by atoms with van der Waals surface area (Å²) < 4.78 is 19.1. The van der Waals surface area contributed by atoms with Gasteiger partial charge in [0.1, 0.15) is 5.82 Å². The molecule has 1 saturated heterocycles. The lowest BCUT2D eigenvalue weighted by atomic mass is 9.76. The molecule has 1 heterocycles. The largest absolute Gasteiger partial charge is 0.378 e. The van der Waals surface area contributed by atoms with Crippen LogP contribution in [0.25, 0.3) is 0 Å². The van der Waals surface area contributed by atoms with Gasteiger partial charge in [0.25, 0.3) is 0 Å². The van der Waals surface area contributed by atoms with E-state index < -0.39 is 0 Å². The second kappa shape index (κ2) is 6.49. The Labute approximate surface area is 115 Å². The third-order valence-corrected chi connectivity index (χ3v) is 4.18. The van der Waals surface area contributed by atoms with Crippen molar-refractivity contribution in [3.63, 3.8) is 0 Å². The first-order chi connectivity index (χ1) is 9.16. The second-order valence-corrected chi connectivity index (χ2v) is 5.61. The minimum absolute atomic E-state index is 0.100. The van der Waals surface area contributed by atoms with Crippen LogP contribution in [0.15, 0.2) is 24.3 Å². The molecule has 1 aliphatic rings. The van der Waals surface area contributed by atoms with Crippen molar-refractivity contribution in [3.8, 4) is 0 Å². The maximum absolute atomic E-state index is 13.3. The summed E-state index contributed by atoms with van der Waals surface area (Å²) in [4.78, 5) is 0. The van der Waals surface area contributed by atoms with Crippen molar-refractivity contribution in [1.29, 1.82) is 0 Å². The summed E-state index contributed by atoms with van der Waals surface area (Å²) in [7, 11) is 0. The smallest absolute Gasteiger partial charge is 0.123 e. The van der Waals surface area contributed by atoms with Gasteiger partial charge in [-0.25, -0.2) is 4.39 Å². The summed E-state index contributed by atoms with van der Waals surface area (Å²) in [6, 6.07) is 6.95. The monoisotopic (exact) mass is 265 g/mol. The van der Waals surface area contributed by atoms with Gasteiger partial charge in [0, 0.05) is 18.6 Å². The predicted molar refractivity (Wildman–Crippen MR) is 75.7 cm³/mol. The summed E-state index contributed by atoms with van der Waals surface area (Å²) >= 11 is 0. The molecule has 0 bridgehead atoms. The molecule has 3 heteroatoms. The summed E-state index contributed by atoms with van der Waals surface area (Å²) in [5.41, 5.74) is 1.17. The van der Waals surface area contributed by atoms with Crippen molar-refractivity contribution >= 4 is 0 Å². The molecule has 0 saturated carbocycles. The third-order valence-electron chi connectivity index (χ3n) is 4.18. The van der Waals surface area contributed by atoms with Crippen LogP contribution in [0.3, 0.4) is 0 Å². The minimum Gasteiger partial charge on any atom is -0.378 e. The molecule has 0 aliphatic carbocycles. The van der Waals surface area contributed by atoms with E-state index >= 15 is 0 Å². The Morgan fingerprint density at radius 2 is 2.32 bits per heavy atom. The molecule has 1 aliphatic heterocycles. The Kier molecular flexibility index (Phi) is 4.94. The van der Waals surface area contributed by atoms with Gasteiger partial charge < -0.3 is 10.1 Å². The van der Waals surface area contributed by atoms with Gasteiger partial charge in [0.05, 0.1) is 6.10 Å². The quantitative estimate of drug-likeness (QED) is 0.798. The molecular weight excluding hydrogens is 241 g/mol. The zero-order chi connectivity index (χ0) is 13.7. The van der Waals surface area contributed by atoms with Gasteiger partial charge in [-0.05, 0) is 50.4 Å². The van der Waals surface area contributed by atoms with Crippen molar-refractivity contribution in [2.75, 3.05) is 19.7 Å². The molecule has 0 spiro atoms. The van der Waals surface area contributed by atoms with Crippen molar-refractivity contribution in [2.45, 2.75) is 39.2 Å². The van der Waals surface area contributed by atoms with E-state index in [-0.39, 0.29) is 17.3 Å². The molecule has 2 unspecified atom stereocenters. The fourth-order valence-corrected chi connectivity index (χ4v) is 2.91. The lowest BCUT2D eigenvalue weighted by molar-refractivity contribution is 0.0631. The molecule has 0 aromatic heterocycles. The summed E-state index contributed by atoms with van der Waals surface area (Å²) in [6.45, 7) is 7.08. The van der Waals surface area contributed by atoms with E-state index in [1.165, 1.54) is 6.07 Å². The Morgan fingerprint density at radius 1 is 1.47 bits per heavy atom. The molecule has 1 N–H and O–H groups in total. The van der Waals surface area contributed by atoms with Crippen LogP contribution in [0.2, 0.25) is 0 Å². The molecular formula is C16H24FNO. The van der Waals surface area contributed by atoms with Crippen LogP contribution in [0.1, 0.15) is 32.3 Å².